The molecule has 8 heteroatoms. The summed E-state index contributed by atoms with van der Waals surface area (Å²) in [6.07, 6.45) is 4.95. The number of carbonyl (C=O) groups excluding carboxylic acids is 1. The molecular weight excluding hydrogens is 437 g/mol. The number of methoxy groups -OCH3 is 2. The van der Waals surface area contributed by atoms with E-state index in [9.17, 15) is 9.18 Å². The molecule has 0 bridgehead atoms. The Bertz CT molecular complexity index is 1160. The molecule has 2 aromatic heterocycles. The van der Waals surface area contributed by atoms with Crippen LogP contribution in [0.25, 0.3) is 0 Å². The summed E-state index contributed by atoms with van der Waals surface area (Å²) in [5.41, 5.74) is 2.70. The molecule has 1 aliphatic heterocycles. The van der Waals surface area contributed by atoms with Crippen molar-refractivity contribution in [3.63, 3.8) is 0 Å². The topological polar surface area (TPSA) is 73.8 Å². The van der Waals surface area contributed by atoms with Gasteiger partial charge in [-0.3, -0.25) is 9.78 Å². The van der Waals surface area contributed by atoms with E-state index in [4.69, 9.17) is 14.2 Å². The predicted molar refractivity (Wildman–Crippen MR) is 125 cm³/mol. The summed E-state index contributed by atoms with van der Waals surface area (Å²) in [6, 6.07) is 9.91. The highest BCUT2D eigenvalue weighted by molar-refractivity contribution is 5.93. The van der Waals surface area contributed by atoms with E-state index in [0.717, 1.165) is 29.8 Å². The maximum Gasteiger partial charge on any atom is 0.272 e. The highest BCUT2D eigenvalue weighted by atomic mass is 19.1. The van der Waals surface area contributed by atoms with Crippen molar-refractivity contribution < 1.29 is 23.4 Å². The molecule has 34 heavy (non-hydrogen) atoms. The second-order valence-corrected chi connectivity index (χ2v) is 8.23. The monoisotopic (exact) mass is 465 g/mol. The number of aryl methyl sites for hydroxylation is 1. The van der Waals surface area contributed by atoms with Gasteiger partial charge in [0.05, 0.1) is 20.4 Å². The van der Waals surface area contributed by atoms with Gasteiger partial charge in [-0.25, -0.2) is 9.37 Å². The van der Waals surface area contributed by atoms with Crippen LogP contribution in [-0.4, -0.2) is 48.1 Å². The zero-order chi connectivity index (χ0) is 24.1. The lowest BCUT2D eigenvalue weighted by atomic mass is 9.89. The van der Waals surface area contributed by atoms with E-state index in [-0.39, 0.29) is 29.9 Å². The van der Waals surface area contributed by atoms with E-state index < -0.39 is 0 Å². The number of halogens is 1. The number of amides is 1. The van der Waals surface area contributed by atoms with Crippen molar-refractivity contribution in [2.75, 3.05) is 27.3 Å². The molecule has 0 radical (unpaired) electrons. The first-order valence-corrected chi connectivity index (χ1v) is 11.2. The van der Waals surface area contributed by atoms with Crippen LogP contribution in [0, 0.1) is 12.7 Å². The van der Waals surface area contributed by atoms with Crippen molar-refractivity contribution in [2.45, 2.75) is 32.3 Å². The Kier molecular flexibility index (Phi) is 7.25. The number of carbonyl (C=O) groups is 1. The van der Waals surface area contributed by atoms with Gasteiger partial charge < -0.3 is 19.1 Å². The molecule has 0 aliphatic carbocycles. The Hall–Kier alpha value is -3.68. The number of aromatic nitrogens is 2. The van der Waals surface area contributed by atoms with Crippen LogP contribution in [0.3, 0.4) is 0 Å². The number of likely N-dealkylation sites (tertiary alicyclic amines) is 1. The maximum absolute atomic E-state index is 13.9. The van der Waals surface area contributed by atoms with Crippen molar-refractivity contribution in [1.82, 2.24) is 14.9 Å². The molecule has 1 saturated heterocycles. The third kappa shape index (κ3) is 5.11. The molecule has 0 saturated carbocycles. The van der Waals surface area contributed by atoms with Gasteiger partial charge in [-0.15, -0.1) is 0 Å². The standard InChI is InChI=1S/C26H28FN3O4/c1-17-12-23(32-2)20(14-28-17)18-8-10-30(11-9-18)26(31)22-13-24(33-3)25(15-29-22)34-16-19-6-4-5-7-21(19)27/h4-7,12-15,18H,8-11,16H2,1-3H3. The SMILES string of the molecule is COc1cc(C(=O)N2CCC(c3cnc(C)cc3OC)CC2)ncc1OCc1ccccc1F. The van der Waals surface area contributed by atoms with Crippen LogP contribution in [0.1, 0.15) is 46.1 Å². The van der Waals surface area contributed by atoms with Crippen molar-refractivity contribution in [2.24, 2.45) is 0 Å². The summed E-state index contributed by atoms with van der Waals surface area (Å²) in [6.45, 7) is 3.18. The maximum atomic E-state index is 13.9. The molecule has 4 rings (SSSR count). The van der Waals surface area contributed by atoms with E-state index in [0.29, 0.717) is 30.2 Å². The van der Waals surface area contributed by atoms with Crippen molar-refractivity contribution in [3.05, 3.63) is 77.1 Å². The number of hydrogen-bond donors (Lipinski definition) is 0. The summed E-state index contributed by atoms with van der Waals surface area (Å²) in [7, 11) is 3.16. The number of rotatable bonds is 7. The fraction of sp³-hybridized carbons (Fsp3) is 0.346. The molecule has 3 heterocycles. The average molecular weight is 466 g/mol. The third-order valence-corrected chi connectivity index (χ3v) is 6.09. The molecule has 1 aromatic carbocycles. The van der Waals surface area contributed by atoms with Crippen LogP contribution in [0.5, 0.6) is 17.2 Å². The molecule has 0 atom stereocenters. The van der Waals surface area contributed by atoms with Gasteiger partial charge in [-0.2, -0.15) is 0 Å². The van der Waals surface area contributed by atoms with E-state index in [2.05, 4.69) is 9.97 Å². The van der Waals surface area contributed by atoms with E-state index in [1.807, 2.05) is 19.2 Å². The Morgan fingerprint density at radius 2 is 1.76 bits per heavy atom. The minimum absolute atomic E-state index is 0.0306. The number of nitrogens with zero attached hydrogens (tertiary/aromatic N) is 3. The molecule has 3 aromatic rings. The number of benzene rings is 1. The van der Waals surface area contributed by atoms with Gasteiger partial charge in [-0.1, -0.05) is 18.2 Å². The Morgan fingerprint density at radius 3 is 2.47 bits per heavy atom. The summed E-state index contributed by atoms with van der Waals surface area (Å²) >= 11 is 0. The lowest BCUT2D eigenvalue weighted by molar-refractivity contribution is 0.0706. The average Bonchev–Trinajstić information content (AvgIpc) is 2.87. The summed E-state index contributed by atoms with van der Waals surface area (Å²) in [5.74, 6) is 1.34. The van der Waals surface area contributed by atoms with E-state index in [1.165, 1.54) is 19.4 Å². The number of pyridine rings is 2. The van der Waals surface area contributed by atoms with Crippen LogP contribution in [0.15, 0.2) is 48.8 Å². The van der Waals surface area contributed by atoms with Crippen molar-refractivity contribution in [3.8, 4) is 17.2 Å². The van der Waals surface area contributed by atoms with Crippen LogP contribution >= 0.6 is 0 Å². The first kappa shape index (κ1) is 23.5. The first-order chi connectivity index (χ1) is 16.5. The molecule has 7 nitrogen and oxygen atoms in total. The van der Waals surface area contributed by atoms with Gasteiger partial charge in [0.1, 0.15) is 23.9 Å². The lowest BCUT2D eigenvalue weighted by Crippen LogP contribution is -2.38. The Labute approximate surface area is 198 Å². The number of ether oxygens (including phenoxy) is 3. The first-order valence-electron chi connectivity index (χ1n) is 11.2. The molecule has 1 fully saturated rings. The summed E-state index contributed by atoms with van der Waals surface area (Å²) in [5, 5.41) is 0. The van der Waals surface area contributed by atoms with Crippen molar-refractivity contribution in [1.29, 1.82) is 0 Å². The molecule has 0 N–H and O–H groups in total. The van der Waals surface area contributed by atoms with Crippen LogP contribution < -0.4 is 14.2 Å². The quantitative estimate of drug-likeness (QED) is 0.510. The highest BCUT2D eigenvalue weighted by Crippen LogP contribution is 2.35. The van der Waals surface area contributed by atoms with Gasteiger partial charge in [0.25, 0.3) is 5.91 Å². The molecular formula is C26H28FN3O4. The van der Waals surface area contributed by atoms with Crippen LogP contribution in [0.4, 0.5) is 4.39 Å². The fourth-order valence-electron chi connectivity index (χ4n) is 4.16. The normalized spacial score (nSPS) is 14.1. The largest absolute Gasteiger partial charge is 0.496 e. The Morgan fingerprint density at radius 1 is 1.03 bits per heavy atom. The minimum Gasteiger partial charge on any atom is -0.496 e. The Balaban J connectivity index is 1.41. The van der Waals surface area contributed by atoms with Gasteiger partial charge in [0.15, 0.2) is 11.5 Å². The second-order valence-electron chi connectivity index (χ2n) is 8.23. The van der Waals surface area contributed by atoms with Gasteiger partial charge in [-0.05, 0) is 31.7 Å². The summed E-state index contributed by atoms with van der Waals surface area (Å²) in [4.78, 5) is 23.6. The van der Waals surface area contributed by atoms with Gasteiger partial charge in [0, 0.05) is 48.2 Å². The van der Waals surface area contributed by atoms with Gasteiger partial charge >= 0.3 is 0 Å². The summed E-state index contributed by atoms with van der Waals surface area (Å²) < 4.78 is 30.5. The zero-order valence-corrected chi connectivity index (χ0v) is 19.6. The molecule has 0 unspecified atom stereocenters. The van der Waals surface area contributed by atoms with Crippen LogP contribution in [0.2, 0.25) is 0 Å². The number of piperidine rings is 1. The third-order valence-electron chi connectivity index (χ3n) is 6.09. The highest BCUT2D eigenvalue weighted by Gasteiger charge is 2.27. The number of hydrogen-bond acceptors (Lipinski definition) is 6. The second kappa shape index (κ2) is 10.5. The minimum atomic E-state index is -0.344. The van der Waals surface area contributed by atoms with E-state index >= 15 is 0 Å². The predicted octanol–water partition coefficient (Wildman–Crippen LogP) is 4.54. The molecule has 1 amide bonds. The lowest BCUT2D eigenvalue weighted by Gasteiger charge is -2.32. The fourth-order valence-corrected chi connectivity index (χ4v) is 4.16. The van der Waals surface area contributed by atoms with Crippen LogP contribution in [-0.2, 0) is 6.61 Å². The van der Waals surface area contributed by atoms with Crippen molar-refractivity contribution >= 4 is 5.91 Å². The molecule has 178 valence electrons. The molecule has 1 aliphatic rings. The van der Waals surface area contributed by atoms with Gasteiger partial charge in [0.2, 0.25) is 0 Å². The smallest absolute Gasteiger partial charge is 0.272 e. The zero-order valence-electron chi connectivity index (χ0n) is 19.6. The molecule has 0 spiro atoms. The van der Waals surface area contributed by atoms with E-state index in [1.54, 1.807) is 36.3 Å².